The van der Waals surface area contributed by atoms with Crippen molar-refractivity contribution in [1.82, 2.24) is 4.90 Å². The lowest BCUT2D eigenvalue weighted by molar-refractivity contribution is -0.123. The van der Waals surface area contributed by atoms with Gasteiger partial charge in [0.1, 0.15) is 5.82 Å². The summed E-state index contributed by atoms with van der Waals surface area (Å²) in [5.74, 6) is -0.439. The fourth-order valence-corrected chi connectivity index (χ4v) is 6.14. The van der Waals surface area contributed by atoms with Crippen molar-refractivity contribution in [2.45, 2.75) is 18.3 Å². The molecule has 0 aromatic heterocycles. The largest absolute Gasteiger partial charge is 0.311 e. The molecule has 0 N–H and O–H groups in total. The molecule has 1 saturated heterocycles. The lowest BCUT2D eigenvalue weighted by Gasteiger charge is -2.33. The molecule has 0 unspecified atom stereocenters. The fourth-order valence-electron chi connectivity index (χ4n) is 4.51. The van der Waals surface area contributed by atoms with E-state index in [1.807, 2.05) is 37.3 Å². The van der Waals surface area contributed by atoms with Gasteiger partial charge in [-0.25, -0.2) is 4.39 Å². The number of amides is 2. The van der Waals surface area contributed by atoms with Gasteiger partial charge in [-0.1, -0.05) is 47.5 Å². The van der Waals surface area contributed by atoms with Crippen molar-refractivity contribution < 1.29 is 14.0 Å². The van der Waals surface area contributed by atoms with Gasteiger partial charge in [-0.15, -0.1) is 11.8 Å². The summed E-state index contributed by atoms with van der Waals surface area (Å²) in [4.78, 5) is 29.5. The smallest absolute Gasteiger partial charge is 0.268 e. The predicted octanol–water partition coefficient (Wildman–Crippen LogP) is 5.38. The minimum atomic E-state index is -1.21. The highest BCUT2D eigenvalue weighted by Crippen LogP contribution is 2.55. The molecule has 0 radical (unpaired) electrons. The molecule has 5 rings (SSSR count). The molecule has 3 aromatic carbocycles. The highest BCUT2D eigenvalue weighted by Gasteiger charge is 2.59. The van der Waals surface area contributed by atoms with Crippen LogP contribution in [0.1, 0.15) is 27.0 Å². The molecule has 1 spiro atoms. The van der Waals surface area contributed by atoms with E-state index in [0.29, 0.717) is 29.4 Å². The van der Waals surface area contributed by atoms with Crippen molar-refractivity contribution in [1.29, 1.82) is 0 Å². The molecule has 3 aromatic rings. The minimum Gasteiger partial charge on any atom is -0.311 e. The van der Waals surface area contributed by atoms with E-state index in [-0.39, 0.29) is 17.4 Å². The Kier molecular flexibility index (Phi) is 5.22. The van der Waals surface area contributed by atoms with Crippen LogP contribution in [0.25, 0.3) is 0 Å². The maximum absolute atomic E-state index is 14.0. The monoisotopic (exact) mass is 466 g/mol. The average molecular weight is 467 g/mol. The first kappa shape index (κ1) is 21.0. The van der Waals surface area contributed by atoms with Crippen molar-refractivity contribution in [2.75, 3.05) is 17.2 Å². The molecule has 2 aliphatic rings. The Morgan fingerprint density at radius 3 is 2.72 bits per heavy atom. The maximum Gasteiger partial charge on any atom is 0.268 e. The number of hydrogen-bond donors (Lipinski definition) is 0. The zero-order valence-corrected chi connectivity index (χ0v) is 18.9. The van der Waals surface area contributed by atoms with Gasteiger partial charge in [0.2, 0.25) is 0 Å². The number of benzene rings is 3. The van der Waals surface area contributed by atoms with E-state index >= 15 is 0 Å². The van der Waals surface area contributed by atoms with E-state index in [9.17, 15) is 14.0 Å². The number of rotatable bonds is 3. The average Bonchev–Trinajstić information content (AvgIpc) is 3.30. The van der Waals surface area contributed by atoms with Crippen molar-refractivity contribution >= 4 is 40.9 Å². The number of thioether (sulfide) groups is 1. The second-order valence-corrected chi connectivity index (χ2v) is 9.73. The molecule has 32 heavy (non-hydrogen) atoms. The first-order chi connectivity index (χ1) is 15.4. The molecule has 2 aliphatic heterocycles. The molecule has 2 amide bonds. The predicted molar refractivity (Wildman–Crippen MR) is 125 cm³/mol. The quantitative estimate of drug-likeness (QED) is 0.520. The summed E-state index contributed by atoms with van der Waals surface area (Å²) in [6.07, 6.45) is 0. The first-order valence-corrected chi connectivity index (χ1v) is 11.7. The summed E-state index contributed by atoms with van der Waals surface area (Å²) >= 11 is 7.76. The Balaban J connectivity index is 1.60. The highest BCUT2D eigenvalue weighted by molar-refractivity contribution is 8.01. The third-order valence-corrected chi connectivity index (χ3v) is 7.55. The van der Waals surface area contributed by atoms with E-state index < -0.39 is 10.7 Å². The number of fused-ring (bicyclic) bond motifs is 2. The molecular weight excluding hydrogens is 447 g/mol. The molecule has 4 nitrogen and oxygen atoms in total. The van der Waals surface area contributed by atoms with Crippen molar-refractivity contribution in [2.24, 2.45) is 0 Å². The van der Waals surface area contributed by atoms with Crippen LogP contribution in [0.4, 0.5) is 10.1 Å². The second-order valence-electron chi connectivity index (χ2n) is 8.00. The van der Waals surface area contributed by atoms with E-state index in [0.717, 1.165) is 16.8 Å². The van der Waals surface area contributed by atoms with Crippen LogP contribution in [-0.2, 0) is 16.2 Å². The van der Waals surface area contributed by atoms with E-state index in [4.69, 9.17) is 11.6 Å². The van der Waals surface area contributed by atoms with Gasteiger partial charge in [0.25, 0.3) is 11.8 Å². The number of nitrogens with zero attached hydrogens (tertiary/aromatic N) is 2. The molecule has 0 aliphatic carbocycles. The minimum absolute atomic E-state index is 0.177. The number of carbonyl (C=O) groups excluding carboxylic acids is 2. The third-order valence-electron chi connectivity index (χ3n) is 5.90. The van der Waals surface area contributed by atoms with Gasteiger partial charge in [0, 0.05) is 28.4 Å². The third kappa shape index (κ3) is 3.29. The summed E-state index contributed by atoms with van der Waals surface area (Å²) in [6.45, 7) is 2.78. The molecule has 1 fully saturated rings. The standard InChI is InChI=1S/C25H20ClFN2O2S/c1-16-4-2-5-17(12-16)15-28-22-9-8-19(26)14-21(22)25(24(28)31)29(10-11-32-25)23(30)18-6-3-7-20(27)13-18/h2-9,12-14H,10-11,15H2,1H3/t25-/m1/s1. The van der Waals surface area contributed by atoms with E-state index in [2.05, 4.69) is 0 Å². The maximum atomic E-state index is 14.0. The fraction of sp³-hybridized carbons (Fsp3) is 0.200. The van der Waals surface area contributed by atoms with Crippen molar-refractivity contribution in [3.8, 4) is 0 Å². The van der Waals surface area contributed by atoms with E-state index in [1.165, 1.54) is 30.0 Å². The lowest BCUT2D eigenvalue weighted by atomic mass is 10.0. The summed E-state index contributed by atoms with van der Waals surface area (Å²) in [5, 5.41) is 0.499. The van der Waals surface area contributed by atoms with Crippen molar-refractivity contribution in [3.63, 3.8) is 0 Å². The Morgan fingerprint density at radius 2 is 1.94 bits per heavy atom. The van der Waals surface area contributed by atoms with Gasteiger partial charge in [0.15, 0.2) is 4.87 Å². The normalized spacial score (nSPS) is 19.7. The first-order valence-electron chi connectivity index (χ1n) is 10.3. The molecule has 1 atom stereocenters. The van der Waals surface area contributed by atoms with Gasteiger partial charge in [-0.3, -0.25) is 9.59 Å². The Morgan fingerprint density at radius 1 is 1.12 bits per heavy atom. The number of carbonyl (C=O) groups is 2. The van der Waals surface area contributed by atoms with Gasteiger partial charge in [-0.2, -0.15) is 0 Å². The van der Waals surface area contributed by atoms with Crippen LogP contribution in [0, 0.1) is 12.7 Å². The second kappa shape index (κ2) is 7.94. The van der Waals surface area contributed by atoms with Gasteiger partial charge < -0.3 is 9.80 Å². The zero-order valence-electron chi connectivity index (χ0n) is 17.3. The van der Waals surface area contributed by atoms with Crippen LogP contribution >= 0.6 is 23.4 Å². The Bertz CT molecular complexity index is 1250. The number of hydrogen-bond acceptors (Lipinski definition) is 3. The molecular formula is C25H20ClFN2O2S. The van der Waals surface area contributed by atoms with Gasteiger partial charge >= 0.3 is 0 Å². The van der Waals surface area contributed by atoms with Crippen LogP contribution in [0.5, 0.6) is 0 Å². The van der Waals surface area contributed by atoms with Crippen LogP contribution in [0.15, 0.2) is 66.7 Å². The summed E-state index contributed by atoms with van der Waals surface area (Å²) in [6, 6.07) is 19.0. The van der Waals surface area contributed by atoms with Crippen LogP contribution in [-0.4, -0.2) is 29.0 Å². The zero-order chi connectivity index (χ0) is 22.5. The summed E-state index contributed by atoms with van der Waals surface area (Å²) in [5.41, 5.74) is 3.78. The highest BCUT2D eigenvalue weighted by atomic mass is 35.5. The number of halogens is 2. The molecule has 162 valence electrons. The van der Waals surface area contributed by atoms with Crippen LogP contribution in [0.3, 0.4) is 0 Å². The molecule has 0 saturated carbocycles. The van der Waals surface area contributed by atoms with Crippen LogP contribution in [0.2, 0.25) is 5.02 Å². The molecule has 0 bridgehead atoms. The summed E-state index contributed by atoms with van der Waals surface area (Å²) < 4.78 is 13.8. The van der Waals surface area contributed by atoms with Gasteiger partial charge in [0.05, 0.1) is 12.2 Å². The van der Waals surface area contributed by atoms with E-state index in [1.54, 1.807) is 28.0 Å². The van der Waals surface area contributed by atoms with Gasteiger partial charge in [-0.05, 0) is 48.9 Å². The lowest BCUT2D eigenvalue weighted by Crippen LogP contribution is -2.50. The number of anilines is 1. The molecule has 2 heterocycles. The number of aryl methyl sites for hydroxylation is 1. The Hall–Kier alpha value is -2.83. The SMILES string of the molecule is Cc1cccc(CN2C(=O)[C@]3(SCCN3C(=O)c3cccc(F)c3)c3cc(Cl)ccc32)c1. The summed E-state index contributed by atoms with van der Waals surface area (Å²) in [7, 11) is 0. The topological polar surface area (TPSA) is 40.6 Å². The van der Waals surface area contributed by atoms with Crippen molar-refractivity contribution in [3.05, 3.63) is 99.8 Å². The Labute approximate surface area is 195 Å². The molecule has 7 heteroatoms. The van der Waals surface area contributed by atoms with Crippen LogP contribution < -0.4 is 4.90 Å².